The molecule has 5 heteroatoms. The van der Waals surface area contributed by atoms with Crippen LogP contribution in [-0.2, 0) is 4.79 Å². The summed E-state index contributed by atoms with van der Waals surface area (Å²) in [6.45, 7) is 3.53. The van der Waals surface area contributed by atoms with Gasteiger partial charge in [-0.1, -0.05) is 0 Å². The monoisotopic (exact) mass is 369 g/mol. The lowest BCUT2D eigenvalue weighted by Gasteiger charge is -2.38. The average molecular weight is 369 g/mol. The second-order valence-electron chi connectivity index (χ2n) is 5.18. The fraction of sp³-hybridized carbons (Fsp3) is 0.429. The van der Waals surface area contributed by atoms with Gasteiger partial charge in [0.15, 0.2) is 5.54 Å². The standard InChI is InChI=1S/C14H16IN3O/c1-10-16-13(19)14(17-10)7-2-8-18(9-14)12-5-3-11(15)4-6-12/h3-6H,2,7-9H2,1H3,(H,16,17,19). The van der Waals surface area contributed by atoms with Crippen molar-refractivity contribution in [2.75, 3.05) is 18.0 Å². The van der Waals surface area contributed by atoms with E-state index in [4.69, 9.17) is 0 Å². The van der Waals surface area contributed by atoms with Crippen LogP contribution in [0.4, 0.5) is 5.69 Å². The number of anilines is 1. The topological polar surface area (TPSA) is 44.7 Å². The highest BCUT2D eigenvalue weighted by Crippen LogP contribution is 2.31. The third-order valence-electron chi connectivity index (χ3n) is 3.76. The molecule has 1 aromatic rings. The van der Waals surface area contributed by atoms with Crippen molar-refractivity contribution in [2.45, 2.75) is 25.3 Å². The molecule has 4 nitrogen and oxygen atoms in total. The second kappa shape index (κ2) is 4.77. The van der Waals surface area contributed by atoms with Crippen LogP contribution in [0.25, 0.3) is 0 Å². The third-order valence-corrected chi connectivity index (χ3v) is 4.48. The molecule has 100 valence electrons. The Bertz CT molecular complexity index is 540. The molecule has 2 heterocycles. The zero-order valence-electron chi connectivity index (χ0n) is 10.8. The molecule has 1 saturated heterocycles. The van der Waals surface area contributed by atoms with Crippen molar-refractivity contribution in [3.8, 4) is 0 Å². The number of nitrogens with zero attached hydrogens (tertiary/aromatic N) is 2. The number of benzene rings is 1. The number of hydrogen-bond acceptors (Lipinski definition) is 3. The molecule has 1 amide bonds. The van der Waals surface area contributed by atoms with E-state index in [-0.39, 0.29) is 5.91 Å². The molecule has 0 radical (unpaired) electrons. The summed E-state index contributed by atoms with van der Waals surface area (Å²) in [7, 11) is 0. The van der Waals surface area contributed by atoms with E-state index in [0.717, 1.165) is 25.2 Å². The van der Waals surface area contributed by atoms with E-state index >= 15 is 0 Å². The van der Waals surface area contributed by atoms with Crippen molar-refractivity contribution in [2.24, 2.45) is 4.99 Å². The molecule has 19 heavy (non-hydrogen) atoms. The summed E-state index contributed by atoms with van der Waals surface area (Å²) in [5.74, 6) is 0.801. The molecule has 1 atom stereocenters. The van der Waals surface area contributed by atoms with Crippen molar-refractivity contribution in [3.05, 3.63) is 27.8 Å². The number of hydrogen-bond donors (Lipinski definition) is 1. The number of nitrogens with one attached hydrogen (secondary N) is 1. The van der Waals surface area contributed by atoms with Crippen molar-refractivity contribution in [3.63, 3.8) is 0 Å². The first-order valence-corrected chi connectivity index (χ1v) is 7.55. The molecule has 0 aliphatic carbocycles. The Balaban J connectivity index is 1.86. The summed E-state index contributed by atoms with van der Waals surface area (Å²) in [5.41, 5.74) is 0.609. The first-order chi connectivity index (χ1) is 9.09. The van der Waals surface area contributed by atoms with Crippen molar-refractivity contribution in [1.82, 2.24) is 5.32 Å². The SMILES string of the molecule is CC1=NC2(CCCN(c3ccc(I)cc3)C2)C(=O)N1. The molecule has 1 aromatic carbocycles. The maximum atomic E-state index is 12.1. The lowest BCUT2D eigenvalue weighted by atomic mass is 9.89. The van der Waals surface area contributed by atoms with Gasteiger partial charge >= 0.3 is 0 Å². The maximum Gasteiger partial charge on any atom is 0.255 e. The van der Waals surface area contributed by atoms with E-state index in [0.29, 0.717) is 6.54 Å². The van der Waals surface area contributed by atoms with Gasteiger partial charge in [-0.25, -0.2) is 0 Å². The highest BCUT2D eigenvalue weighted by molar-refractivity contribution is 14.1. The van der Waals surface area contributed by atoms with Gasteiger partial charge in [-0.3, -0.25) is 9.79 Å². The van der Waals surface area contributed by atoms with Gasteiger partial charge in [-0.05, 0) is 66.6 Å². The number of amidine groups is 1. The zero-order valence-corrected chi connectivity index (χ0v) is 13.0. The molecule has 2 aliphatic heterocycles. The number of piperidine rings is 1. The van der Waals surface area contributed by atoms with Crippen molar-refractivity contribution in [1.29, 1.82) is 0 Å². The normalized spacial score (nSPS) is 26.5. The number of carbonyl (C=O) groups excluding carboxylic acids is 1. The van der Waals surface area contributed by atoms with Gasteiger partial charge in [-0.2, -0.15) is 0 Å². The largest absolute Gasteiger partial charge is 0.369 e. The van der Waals surface area contributed by atoms with Gasteiger partial charge in [-0.15, -0.1) is 0 Å². The van der Waals surface area contributed by atoms with Gasteiger partial charge in [0, 0.05) is 15.8 Å². The third kappa shape index (κ3) is 2.35. The van der Waals surface area contributed by atoms with Crippen LogP contribution in [0, 0.1) is 3.57 Å². The van der Waals surface area contributed by atoms with Gasteiger partial charge in [0.25, 0.3) is 5.91 Å². The Hall–Kier alpha value is -1.11. The second-order valence-corrected chi connectivity index (χ2v) is 6.43. The van der Waals surface area contributed by atoms with Crippen molar-refractivity contribution >= 4 is 40.0 Å². The zero-order chi connectivity index (χ0) is 13.5. The summed E-state index contributed by atoms with van der Waals surface area (Å²) in [6, 6.07) is 8.43. The van der Waals surface area contributed by atoms with Crippen LogP contribution in [-0.4, -0.2) is 30.4 Å². The molecule has 1 unspecified atom stereocenters. The Morgan fingerprint density at radius 3 is 2.74 bits per heavy atom. The summed E-state index contributed by atoms with van der Waals surface area (Å²) >= 11 is 2.30. The van der Waals surface area contributed by atoms with E-state index in [9.17, 15) is 4.79 Å². The van der Waals surface area contributed by atoms with Crippen LogP contribution < -0.4 is 10.2 Å². The van der Waals surface area contributed by atoms with Gasteiger partial charge < -0.3 is 10.2 Å². The van der Waals surface area contributed by atoms with Gasteiger partial charge in [0.1, 0.15) is 5.84 Å². The fourth-order valence-electron chi connectivity index (χ4n) is 2.87. The van der Waals surface area contributed by atoms with Crippen LogP contribution in [0.2, 0.25) is 0 Å². The predicted octanol–water partition coefficient (Wildman–Crippen LogP) is 2.18. The number of aliphatic imine (C=N–C) groups is 1. The number of rotatable bonds is 1. The summed E-state index contributed by atoms with van der Waals surface area (Å²) in [5, 5.41) is 2.84. The van der Waals surface area contributed by atoms with Crippen LogP contribution in [0.1, 0.15) is 19.8 Å². The quantitative estimate of drug-likeness (QED) is 0.772. The number of carbonyl (C=O) groups is 1. The molecule has 0 bridgehead atoms. The van der Waals surface area contributed by atoms with E-state index in [1.807, 2.05) is 6.92 Å². The molecular weight excluding hydrogens is 353 g/mol. The van der Waals surface area contributed by atoms with E-state index in [1.54, 1.807) is 0 Å². The minimum Gasteiger partial charge on any atom is -0.369 e. The summed E-state index contributed by atoms with van der Waals surface area (Å²) in [6.07, 6.45) is 1.84. The van der Waals surface area contributed by atoms with Crippen LogP contribution in [0.5, 0.6) is 0 Å². The number of amides is 1. The fourth-order valence-corrected chi connectivity index (χ4v) is 3.23. The predicted molar refractivity (Wildman–Crippen MR) is 84.6 cm³/mol. The molecule has 0 saturated carbocycles. The highest BCUT2D eigenvalue weighted by Gasteiger charge is 2.45. The Kier molecular flexibility index (Phi) is 3.24. The number of halogens is 1. The minimum atomic E-state index is -0.564. The molecule has 1 fully saturated rings. The Morgan fingerprint density at radius 2 is 2.11 bits per heavy atom. The van der Waals surface area contributed by atoms with Gasteiger partial charge in [0.2, 0.25) is 0 Å². The van der Waals surface area contributed by atoms with Crippen LogP contribution in [0.15, 0.2) is 29.3 Å². The molecule has 2 aliphatic rings. The lowest BCUT2D eigenvalue weighted by Crippen LogP contribution is -2.52. The Morgan fingerprint density at radius 1 is 1.37 bits per heavy atom. The van der Waals surface area contributed by atoms with E-state index < -0.39 is 5.54 Å². The summed E-state index contributed by atoms with van der Waals surface area (Å²) in [4.78, 5) is 19.0. The smallest absolute Gasteiger partial charge is 0.255 e. The summed E-state index contributed by atoms with van der Waals surface area (Å²) < 4.78 is 1.22. The maximum absolute atomic E-state index is 12.1. The first-order valence-electron chi connectivity index (χ1n) is 6.47. The Labute approximate surface area is 126 Å². The lowest BCUT2D eigenvalue weighted by molar-refractivity contribution is -0.124. The minimum absolute atomic E-state index is 0.0558. The molecule has 0 aromatic heterocycles. The molecule has 1 spiro atoms. The highest BCUT2D eigenvalue weighted by atomic mass is 127. The molecule has 3 rings (SSSR count). The van der Waals surface area contributed by atoms with Crippen molar-refractivity contribution < 1.29 is 4.79 Å². The van der Waals surface area contributed by atoms with E-state index in [2.05, 4.69) is 62.1 Å². The van der Waals surface area contributed by atoms with Crippen LogP contribution >= 0.6 is 22.6 Å². The average Bonchev–Trinajstić information content (AvgIpc) is 2.64. The van der Waals surface area contributed by atoms with Crippen LogP contribution in [0.3, 0.4) is 0 Å². The molecular formula is C14H16IN3O. The first kappa shape index (κ1) is 12.9. The van der Waals surface area contributed by atoms with E-state index in [1.165, 1.54) is 9.26 Å². The van der Waals surface area contributed by atoms with Gasteiger partial charge in [0.05, 0.1) is 6.54 Å². The molecule has 1 N–H and O–H groups in total.